The highest BCUT2D eigenvalue weighted by molar-refractivity contribution is 5.93. The van der Waals surface area contributed by atoms with Crippen molar-refractivity contribution in [1.29, 1.82) is 0 Å². The Kier molecular flexibility index (Phi) is 3.86. The largest absolute Gasteiger partial charge is 0.456 e. The molecule has 1 aliphatic rings. The predicted octanol–water partition coefficient (Wildman–Crippen LogP) is 4.14. The number of hydrogen-bond acceptors (Lipinski definition) is 4. The van der Waals surface area contributed by atoms with E-state index in [4.69, 9.17) is 14.9 Å². The number of hydrogen-bond donors (Lipinski definition) is 1. The molecule has 4 nitrogen and oxygen atoms in total. The third-order valence-electron chi connectivity index (χ3n) is 4.36. The molecule has 1 aliphatic carbocycles. The lowest BCUT2D eigenvalue weighted by atomic mass is 9.85. The molecule has 2 aromatic rings. The summed E-state index contributed by atoms with van der Waals surface area (Å²) in [4.78, 5) is 12.3. The molecule has 1 aromatic heterocycles. The molecule has 2 unspecified atom stereocenters. The highest BCUT2D eigenvalue weighted by Gasteiger charge is 2.28. The first-order valence-electron chi connectivity index (χ1n) is 7.67. The van der Waals surface area contributed by atoms with Gasteiger partial charge in [-0.1, -0.05) is 13.3 Å². The number of nitrogens with two attached hydrogens (primary N) is 1. The van der Waals surface area contributed by atoms with Crippen LogP contribution in [0.3, 0.4) is 0 Å². The van der Waals surface area contributed by atoms with Crippen LogP contribution in [-0.4, -0.2) is 12.1 Å². The Morgan fingerprint density at radius 1 is 1.33 bits per heavy atom. The third kappa shape index (κ3) is 2.89. The molecule has 0 saturated heterocycles. The van der Waals surface area contributed by atoms with Gasteiger partial charge in [-0.15, -0.1) is 0 Å². The van der Waals surface area contributed by atoms with Crippen molar-refractivity contribution in [3.8, 4) is 0 Å². The van der Waals surface area contributed by atoms with E-state index in [-0.39, 0.29) is 17.8 Å². The van der Waals surface area contributed by atoms with Crippen LogP contribution in [0, 0.1) is 5.92 Å². The van der Waals surface area contributed by atoms with Gasteiger partial charge in [0.05, 0.1) is 0 Å². The van der Waals surface area contributed by atoms with E-state index in [1.165, 1.54) is 6.42 Å². The van der Waals surface area contributed by atoms with Crippen LogP contribution in [0.5, 0.6) is 0 Å². The summed E-state index contributed by atoms with van der Waals surface area (Å²) in [5.41, 5.74) is 7.05. The Labute approximate surface area is 124 Å². The topological polar surface area (TPSA) is 65.5 Å². The molecule has 112 valence electrons. The van der Waals surface area contributed by atoms with E-state index in [0.717, 1.165) is 31.1 Å². The lowest BCUT2D eigenvalue weighted by Crippen LogP contribution is -2.29. The predicted molar refractivity (Wildman–Crippen MR) is 82.1 cm³/mol. The van der Waals surface area contributed by atoms with Crippen LogP contribution in [0.2, 0.25) is 0 Å². The van der Waals surface area contributed by atoms with Gasteiger partial charge in [0.15, 0.2) is 0 Å². The number of nitrogen functional groups attached to an aromatic ring is 1. The van der Waals surface area contributed by atoms with Crippen LogP contribution >= 0.6 is 0 Å². The molecule has 0 radical (unpaired) electrons. The first-order chi connectivity index (χ1) is 10.2. The number of carbonyl (C=O) groups excluding carboxylic acids is 1. The minimum Gasteiger partial charge on any atom is -0.456 e. The maximum absolute atomic E-state index is 12.3. The summed E-state index contributed by atoms with van der Waals surface area (Å²) < 4.78 is 11.2. The van der Waals surface area contributed by atoms with Crippen LogP contribution in [0.4, 0.5) is 5.69 Å². The molecular formula is C17H21NO3. The van der Waals surface area contributed by atoms with Crippen LogP contribution in [-0.2, 0) is 4.74 Å². The van der Waals surface area contributed by atoms with Crippen molar-refractivity contribution in [2.75, 3.05) is 5.73 Å². The van der Waals surface area contributed by atoms with Gasteiger partial charge in [-0.05, 0) is 55.9 Å². The monoisotopic (exact) mass is 287 g/mol. The number of ether oxygens (including phenoxy) is 1. The van der Waals surface area contributed by atoms with Gasteiger partial charge in [-0.2, -0.15) is 0 Å². The average Bonchev–Trinajstić information content (AvgIpc) is 2.91. The van der Waals surface area contributed by atoms with E-state index in [9.17, 15) is 4.79 Å². The smallest absolute Gasteiger partial charge is 0.374 e. The summed E-state index contributed by atoms with van der Waals surface area (Å²) in [6.45, 7) is 2.15. The lowest BCUT2D eigenvalue weighted by molar-refractivity contribution is -0.00206. The van der Waals surface area contributed by atoms with Crippen LogP contribution < -0.4 is 5.73 Å². The second-order valence-electron chi connectivity index (χ2n) is 5.80. The Morgan fingerprint density at radius 2 is 2.14 bits per heavy atom. The summed E-state index contributed by atoms with van der Waals surface area (Å²) in [5.74, 6) is 0.369. The minimum atomic E-state index is -0.366. The van der Waals surface area contributed by atoms with Crippen molar-refractivity contribution in [1.82, 2.24) is 0 Å². The molecule has 2 atom stereocenters. The molecule has 0 aliphatic heterocycles. The van der Waals surface area contributed by atoms with Crippen molar-refractivity contribution >= 4 is 22.6 Å². The number of carbonyl (C=O) groups is 1. The van der Waals surface area contributed by atoms with E-state index >= 15 is 0 Å². The zero-order valence-electron chi connectivity index (χ0n) is 12.3. The molecule has 2 N–H and O–H groups in total. The number of benzene rings is 1. The number of esters is 1. The van der Waals surface area contributed by atoms with Crippen LogP contribution in [0.15, 0.2) is 28.7 Å². The molecule has 0 spiro atoms. The quantitative estimate of drug-likeness (QED) is 0.680. The van der Waals surface area contributed by atoms with E-state index in [1.54, 1.807) is 24.3 Å². The Balaban J connectivity index is 1.77. The van der Waals surface area contributed by atoms with Crippen molar-refractivity contribution in [2.24, 2.45) is 5.92 Å². The van der Waals surface area contributed by atoms with E-state index in [0.29, 0.717) is 17.2 Å². The van der Waals surface area contributed by atoms with Gasteiger partial charge in [-0.3, -0.25) is 0 Å². The Morgan fingerprint density at radius 3 is 2.95 bits per heavy atom. The first kappa shape index (κ1) is 14.0. The second kappa shape index (κ2) is 5.80. The van der Waals surface area contributed by atoms with E-state index in [2.05, 4.69) is 6.92 Å². The molecule has 1 fully saturated rings. The number of fused-ring (bicyclic) bond motifs is 1. The summed E-state index contributed by atoms with van der Waals surface area (Å²) in [5, 5.41) is 0.831. The summed E-state index contributed by atoms with van der Waals surface area (Å²) >= 11 is 0. The molecular weight excluding hydrogens is 266 g/mol. The maximum Gasteiger partial charge on any atom is 0.374 e. The van der Waals surface area contributed by atoms with Gasteiger partial charge in [0.1, 0.15) is 11.7 Å². The Bertz CT molecular complexity index is 647. The minimum absolute atomic E-state index is 0.0227. The fourth-order valence-electron chi connectivity index (χ4n) is 3.15. The third-order valence-corrected chi connectivity index (χ3v) is 4.36. The van der Waals surface area contributed by atoms with Gasteiger partial charge in [0.25, 0.3) is 0 Å². The molecule has 1 saturated carbocycles. The van der Waals surface area contributed by atoms with Gasteiger partial charge in [-0.25, -0.2) is 4.79 Å². The summed E-state index contributed by atoms with van der Waals surface area (Å²) in [6.07, 6.45) is 5.54. The van der Waals surface area contributed by atoms with Gasteiger partial charge >= 0.3 is 5.97 Å². The molecule has 1 heterocycles. The van der Waals surface area contributed by atoms with Crippen molar-refractivity contribution in [3.05, 3.63) is 30.0 Å². The van der Waals surface area contributed by atoms with Crippen LogP contribution in [0.1, 0.15) is 49.6 Å². The molecule has 4 heteroatoms. The standard InChI is InChI=1S/C17H21NO3/c1-2-11-5-3-4-6-14(11)21-17(19)16-10-12-9-13(18)7-8-15(12)20-16/h7-11,14H,2-6,18H2,1H3. The normalized spacial score (nSPS) is 22.3. The zero-order valence-corrected chi connectivity index (χ0v) is 12.3. The fourth-order valence-corrected chi connectivity index (χ4v) is 3.15. The molecule has 0 amide bonds. The molecule has 3 rings (SSSR count). The van der Waals surface area contributed by atoms with Gasteiger partial charge in [0, 0.05) is 11.1 Å². The first-order valence-corrected chi connectivity index (χ1v) is 7.67. The van der Waals surface area contributed by atoms with Crippen molar-refractivity contribution in [3.63, 3.8) is 0 Å². The number of anilines is 1. The molecule has 21 heavy (non-hydrogen) atoms. The van der Waals surface area contributed by atoms with Gasteiger partial charge in [0.2, 0.25) is 5.76 Å². The number of furan rings is 1. The average molecular weight is 287 g/mol. The van der Waals surface area contributed by atoms with E-state index in [1.807, 2.05) is 0 Å². The lowest BCUT2D eigenvalue weighted by Gasteiger charge is -2.30. The summed E-state index contributed by atoms with van der Waals surface area (Å²) in [7, 11) is 0. The SMILES string of the molecule is CCC1CCCCC1OC(=O)c1cc2cc(N)ccc2o1. The highest BCUT2D eigenvalue weighted by Crippen LogP contribution is 2.30. The zero-order chi connectivity index (χ0) is 14.8. The molecule has 0 bridgehead atoms. The fraction of sp³-hybridized carbons (Fsp3) is 0.471. The van der Waals surface area contributed by atoms with E-state index < -0.39 is 0 Å². The number of rotatable bonds is 3. The summed E-state index contributed by atoms with van der Waals surface area (Å²) in [6, 6.07) is 7.04. The molecule has 1 aromatic carbocycles. The van der Waals surface area contributed by atoms with Crippen LogP contribution in [0.25, 0.3) is 11.0 Å². The van der Waals surface area contributed by atoms with Crippen molar-refractivity contribution in [2.45, 2.75) is 45.1 Å². The highest BCUT2D eigenvalue weighted by atomic mass is 16.6. The maximum atomic E-state index is 12.3. The second-order valence-corrected chi connectivity index (χ2v) is 5.80. The van der Waals surface area contributed by atoms with Crippen molar-refractivity contribution < 1.29 is 13.9 Å². The Hall–Kier alpha value is -1.97. The van der Waals surface area contributed by atoms with Gasteiger partial charge < -0.3 is 14.9 Å².